The molecule has 6 heteroatoms. The summed E-state index contributed by atoms with van der Waals surface area (Å²) >= 11 is 0. The number of hydrogen-bond donors (Lipinski definition) is 2. The molecule has 2 N–H and O–H groups in total. The second kappa shape index (κ2) is 9.21. The summed E-state index contributed by atoms with van der Waals surface area (Å²) in [6.07, 6.45) is 8.22. The van der Waals surface area contributed by atoms with Gasteiger partial charge in [0.1, 0.15) is 0 Å². The third-order valence-electron chi connectivity index (χ3n) is 4.70. The summed E-state index contributed by atoms with van der Waals surface area (Å²) in [4.78, 5) is 18.6. The van der Waals surface area contributed by atoms with Crippen LogP contribution in [0, 0.1) is 5.92 Å². The number of amides is 1. The number of rotatable bonds is 5. The number of halogens is 1. The largest absolute Gasteiger partial charge is 0.354 e. The van der Waals surface area contributed by atoms with Crippen LogP contribution in [-0.4, -0.2) is 48.0 Å². The highest BCUT2D eigenvalue weighted by Gasteiger charge is 2.24. The molecule has 5 nitrogen and oxygen atoms in total. The fraction of sp³-hybridized carbons (Fsp3) is 0.647. The standard InChI is InChI=1S/C17H26N4O.ClH/c22-17(16-4-1-7-19-16)20-11-15-3-2-10-21(13-15)12-14-5-8-18-9-6-14;/h5-6,8-9,15-16,19H,1-4,7,10-13H2,(H,20,22);1H. The zero-order chi connectivity index (χ0) is 15.2. The molecule has 1 aromatic rings. The van der Waals surface area contributed by atoms with Gasteiger partial charge in [0.05, 0.1) is 6.04 Å². The van der Waals surface area contributed by atoms with Gasteiger partial charge in [0.15, 0.2) is 0 Å². The molecule has 2 fully saturated rings. The highest BCUT2D eigenvalue weighted by atomic mass is 35.5. The monoisotopic (exact) mass is 338 g/mol. The quantitative estimate of drug-likeness (QED) is 0.856. The number of likely N-dealkylation sites (tertiary alicyclic amines) is 1. The van der Waals surface area contributed by atoms with Gasteiger partial charge in [-0.2, -0.15) is 0 Å². The number of piperidine rings is 1. The van der Waals surface area contributed by atoms with Crippen molar-refractivity contribution in [1.82, 2.24) is 20.5 Å². The lowest BCUT2D eigenvalue weighted by atomic mass is 9.97. The summed E-state index contributed by atoms with van der Waals surface area (Å²) in [5, 5.41) is 6.40. The van der Waals surface area contributed by atoms with Gasteiger partial charge in [-0.05, 0) is 62.4 Å². The van der Waals surface area contributed by atoms with Crippen molar-refractivity contribution in [2.75, 3.05) is 26.2 Å². The Bertz CT molecular complexity index is 479. The van der Waals surface area contributed by atoms with Crippen LogP contribution in [0.1, 0.15) is 31.2 Å². The number of hydrogen-bond acceptors (Lipinski definition) is 4. The minimum Gasteiger partial charge on any atom is -0.354 e. The van der Waals surface area contributed by atoms with Gasteiger partial charge < -0.3 is 10.6 Å². The van der Waals surface area contributed by atoms with Gasteiger partial charge in [-0.25, -0.2) is 0 Å². The van der Waals surface area contributed by atoms with Crippen molar-refractivity contribution in [2.24, 2.45) is 5.92 Å². The molecule has 2 atom stereocenters. The first-order chi connectivity index (χ1) is 10.8. The van der Waals surface area contributed by atoms with Gasteiger partial charge >= 0.3 is 0 Å². The predicted molar refractivity (Wildman–Crippen MR) is 93.5 cm³/mol. The summed E-state index contributed by atoms with van der Waals surface area (Å²) < 4.78 is 0. The van der Waals surface area contributed by atoms with Gasteiger partial charge in [0, 0.05) is 32.0 Å². The molecular weight excluding hydrogens is 312 g/mol. The maximum Gasteiger partial charge on any atom is 0.237 e. The lowest BCUT2D eigenvalue weighted by Crippen LogP contribution is -2.45. The molecule has 0 spiro atoms. The van der Waals surface area contributed by atoms with Crippen LogP contribution in [0.15, 0.2) is 24.5 Å². The molecule has 0 aliphatic carbocycles. The second-order valence-corrected chi connectivity index (χ2v) is 6.49. The highest BCUT2D eigenvalue weighted by Crippen LogP contribution is 2.18. The summed E-state index contributed by atoms with van der Waals surface area (Å²) in [5.74, 6) is 0.754. The number of nitrogens with one attached hydrogen (secondary N) is 2. The van der Waals surface area contributed by atoms with Crippen LogP contribution < -0.4 is 10.6 Å². The average molecular weight is 339 g/mol. The number of nitrogens with zero attached hydrogens (tertiary/aromatic N) is 2. The maximum atomic E-state index is 12.1. The van der Waals surface area contributed by atoms with Gasteiger partial charge in [-0.15, -0.1) is 12.4 Å². The van der Waals surface area contributed by atoms with E-state index in [0.717, 1.165) is 45.6 Å². The van der Waals surface area contributed by atoms with Crippen LogP contribution in [0.5, 0.6) is 0 Å². The Kier molecular flexibility index (Phi) is 7.27. The smallest absolute Gasteiger partial charge is 0.237 e. The van der Waals surface area contributed by atoms with E-state index in [4.69, 9.17) is 0 Å². The average Bonchev–Trinajstić information content (AvgIpc) is 3.08. The van der Waals surface area contributed by atoms with Crippen molar-refractivity contribution in [3.8, 4) is 0 Å². The number of aromatic nitrogens is 1. The van der Waals surface area contributed by atoms with Crippen molar-refractivity contribution in [1.29, 1.82) is 0 Å². The molecule has 3 heterocycles. The second-order valence-electron chi connectivity index (χ2n) is 6.49. The van der Waals surface area contributed by atoms with E-state index >= 15 is 0 Å². The summed E-state index contributed by atoms with van der Waals surface area (Å²) in [6, 6.07) is 4.20. The molecule has 0 saturated carbocycles. The van der Waals surface area contributed by atoms with Crippen LogP contribution in [-0.2, 0) is 11.3 Å². The van der Waals surface area contributed by atoms with Crippen LogP contribution in [0.3, 0.4) is 0 Å². The normalized spacial score (nSPS) is 24.9. The van der Waals surface area contributed by atoms with Crippen molar-refractivity contribution in [2.45, 2.75) is 38.3 Å². The molecule has 2 aliphatic rings. The van der Waals surface area contributed by atoms with Crippen LogP contribution >= 0.6 is 12.4 Å². The Morgan fingerprint density at radius 3 is 2.87 bits per heavy atom. The number of carbonyl (C=O) groups excluding carboxylic acids is 1. The van der Waals surface area contributed by atoms with Crippen molar-refractivity contribution < 1.29 is 4.79 Å². The van der Waals surface area contributed by atoms with E-state index in [0.29, 0.717) is 5.92 Å². The topological polar surface area (TPSA) is 57.3 Å². The Balaban J connectivity index is 0.00000192. The molecular formula is C17H27ClN4O. The van der Waals surface area contributed by atoms with E-state index in [2.05, 4.69) is 32.7 Å². The predicted octanol–water partition coefficient (Wildman–Crippen LogP) is 1.58. The minimum absolute atomic E-state index is 0. The first kappa shape index (κ1) is 18.2. The fourth-order valence-corrected chi connectivity index (χ4v) is 3.48. The maximum absolute atomic E-state index is 12.1. The zero-order valence-electron chi connectivity index (χ0n) is 13.5. The van der Waals surface area contributed by atoms with E-state index in [-0.39, 0.29) is 24.4 Å². The zero-order valence-corrected chi connectivity index (χ0v) is 14.4. The molecule has 1 aromatic heterocycles. The van der Waals surface area contributed by atoms with Crippen LogP contribution in [0.4, 0.5) is 0 Å². The molecule has 23 heavy (non-hydrogen) atoms. The third-order valence-corrected chi connectivity index (χ3v) is 4.70. The molecule has 2 unspecified atom stereocenters. The Labute approximate surface area is 144 Å². The molecule has 0 bridgehead atoms. The molecule has 0 radical (unpaired) electrons. The first-order valence-corrected chi connectivity index (χ1v) is 8.43. The summed E-state index contributed by atoms with van der Waals surface area (Å²) in [6.45, 7) is 4.99. The summed E-state index contributed by atoms with van der Waals surface area (Å²) in [5.41, 5.74) is 1.31. The number of carbonyl (C=O) groups is 1. The fourth-order valence-electron chi connectivity index (χ4n) is 3.48. The molecule has 1 amide bonds. The van der Waals surface area contributed by atoms with E-state index in [1.54, 1.807) is 0 Å². The molecule has 3 rings (SSSR count). The van der Waals surface area contributed by atoms with Gasteiger partial charge in [-0.1, -0.05) is 0 Å². The van der Waals surface area contributed by atoms with Gasteiger partial charge in [0.25, 0.3) is 0 Å². The summed E-state index contributed by atoms with van der Waals surface area (Å²) in [7, 11) is 0. The van der Waals surface area contributed by atoms with E-state index in [9.17, 15) is 4.79 Å². The lowest BCUT2D eigenvalue weighted by molar-refractivity contribution is -0.123. The SMILES string of the molecule is Cl.O=C(NCC1CCCN(Cc2ccncc2)C1)C1CCCN1. The third kappa shape index (κ3) is 5.44. The van der Waals surface area contributed by atoms with Crippen LogP contribution in [0.2, 0.25) is 0 Å². The van der Waals surface area contributed by atoms with Crippen molar-refractivity contribution in [3.63, 3.8) is 0 Å². The molecule has 0 aromatic carbocycles. The van der Waals surface area contributed by atoms with E-state index < -0.39 is 0 Å². The van der Waals surface area contributed by atoms with Gasteiger partial charge in [-0.3, -0.25) is 14.7 Å². The first-order valence-electron chi connectivity index (χ1n) is 8.43. The molecule has 2 aliphatic heterocycles. The minimum atomic E-state index is 0. The number of pyridine rings is 1. The Morgan fingerprint density at radius 1 is 1.30 bits per heavy atom. The molecule has 2 saturated heterocycles. The van der Waals surface area contributed by atoms with Crippen molar-refractivity contribution in [3.05, 3.63) is 30.1 Å². The van der Waals surface area contributed by atoms with E-state index in [1.165, 1.54) is 18.4 Å². The van der Waals surface area contributed by atoms with Crippen LogP contribution in [0.25, 0.3) is 0 Å². The lowest BCUT2D eigenvalue weighted by Gasteiger charge is -2.33. The van der Waals surface area contributed by atoms with Gasteiger partial charge in [0.2, 0.25) is 5.91 Å². The van der Waals surface area contributed by atoms with E-state index in [1.807, 2.05) is 12.4 Å². The highest BCUT2D eigenvalue weighted by molar-refractivity contribution is 5.85. The Hall–Kier alpha value is -1.17. The van der Waals surface area contributed by atoms with Crippen molar-refractivity contribution >= 4 is 18.3 Å². The Morgan fingerprint density at radius 2 is 2.13 bits per heavy atom. The molecule has 128 valence electrons.